The van der Waals surface area contributed by atoms with Crippen LogP contribution >= 0.6 is 11.6 Å². The lowest BCUT2D eigenvalue weighted by atomic mass is 10.1. The van der Waals surface area contributed by atoms with Crippen molar-refractivity contribution in [3.05, 3.63) is 62.9 Å². The fourth-order valence-electron chi connectivity index (χ4n) is 1.80. The Labute approximate surface area is 122 Å². The van der Waals surface area contributed by atoms with Gasteiger partial charge in [-0.2, -0.15) is 0 Å². The average Bonchev–Trinajstić information content (AvgIpc) is 2.36. The maximum Gasteiger partial charge on any atom is 0.342 e. The molecule has 2 aromatic rings. The minimum absolute atomic E-state index is 0.0680. The monoisotopic (exact) mass is 310 g/mol. The molecule has 0 unspecified atom stereocenters. The number of carboxylic acid groups (broad SMARTS) is 1. The van der Waals surface area contributed by atoms with Crippen molar-refractivity contribution in [2.24, 2.45) is 0 Å². The second-order valence-corrected chi connectivity index (χ2v) is 4.48. The summed E-state index contributed by atoms with van der Waals surface area (Å²) in [6.07, 6.45) is 0. The Bertz CT molecular complexity index is 716. The Kier molecular flexibility index (Phi) is 4.04. The molecule has 21 heavy (non-hydrogen) atoms. The highest BCUT2D eigenvalue weighted by Crippen LogP contribution is 2.32. The highest BCUT2D eigenvalue weighted by Gasteiger charge is 2.24. The van der Waals surface area contributed by atoms with Crippen molar-refractivity contribution in [2.75, 3.05) is 5.32 Å². The first-order chi connectivity index (χ1) is 9.88. The number of carbonyl (C=O) groups is 1. The lowest BCUT2D eigenvalue weighted by Crippen LogP contribution is -2.05. The van der Waals surface area contributed by atoms with E-state index in [1.807, 2.05) is 0 Å². The zero-order valence-corrected chi connectivity index (χ0v) is 11.1. The van der Waals surface area contributed by atoms with Crippen LogP contribution in [0.1, 0.15) is 10.4 Å². The summed E-state index contributed by atoms with van der Waals surface area (Å²) in [5.41, 5.74) is -0.968. The molecule has 0 radical (unpaired) electrons. The van der Waals surface area contributed by atoms with Gasteiger partial charge in [0.15, 0.2) is 0 Å². The standard InChI is InChI=1S/C13H8ClFN2O4/c14-7-4-8(15)6-9(5-7)16-11-3-1-2-10(13(18)19)12(11)17(20)21/h1-6,16H,(H,18,19). The Balaban J connectivity index is 2.51. The van der Waals surface area contributed by atoms with E-state index in [2.05, 4.69) is 5.32 Å². The number of hydrogen-bond acceptors (Lipinski definition) is 4. The molecule has 2 aromatic carbocycles. The number of nitrogens with one attached hydrogen (secondary N) is 1. The largest absolute Gasteiger partial charge is 0.477 e. The third-order valence-electron chi connectivity index (χ3n) is 2.59. The Hall–Kier alpha value is -2.67. The molecule has 0 spiro atoms. The first kappa shape index (κ1) is 14.7. The molecule has 8 heteroatoms. The van der Waals surface area contributed by atoms with E-state index in [4.69, 9.17) is 16.7 Å². The van der Waals surface area contributed by atoms with E-state index in [1.165, 1.54) is 18.2 Å². The lowest BCUT2D eigenvalue weighted by molar-refractivity contribution is -0.384. The number of para-hydroxylation sites is 1. The quantitative estimate of drug-likeness (QED) is 0.661. The first-order valence-electron chi connectivity index (χ1n) is 5.62. The highest BCUT2D eigenvalue weighted by atomic mass is 35.5. The van der Waals surface area contributed by atoms with E-state index in [-0.39, 0.29) is 16.4 Å². The van der Waals surface area contributed by atoms with Gasteiger partial charge in [0.25, 0.3) is 0 Å². The normalized spacial score (nSPS) is 10.2. The van der Waals surface area contributed by atoms with E-state index >= 15 is 0 Å². The summed E-state index contributed by atoms with van der Waals surface area (Å²) < 4.78 is 13.2. The average molecular weight is 311 g/mol. The summed E-state index contributed by atoms with van der Waals surface area (Å²) in [5, 5.41) is 22.8. The van der Waals surface area contributed by atoms with Gasteiger partial charge in [-0.1, -0.05) is 17.7 Å². The fraction of sp³-hybridized carbons (Fsp3) is 0. The van der Waals surface area contributed by atoms with E-state index in [0.29, 0.717) is 0 Å². The highest BCUT2D eigenvalue weighted by molar-refractivity contribution is 6.30. The number of halogens is 2. The zero-order valence-electron chi connectivity index (χ0n) is 10.3. The van der Waals surface area contributed by atoms with Crippen LogP contribution in [0, 0.1) is 15.9 Å². The smallest absolute Gasteiger partial charge is 0.342 e. The molecule has 0 fully saturated rings. The maximum atomic E-state index is 13.2. The third-order valence-corrected chi connectivity index (χ3v) is 2.81. The van der Waals surface area contributed by atoms with Crippen LogP contribution in [0.25, 0.3) is 0 Å². The molecule has 0 atom stereocenters. The van der Waals surface area contributed by atoms with Gasteiger partial charge in [0.05, 0.1) is 4.92 Å². The Morgan fingerprint density at radius 1 is 1.33 bits per heavy atom. The minimum atomic E-state index is -1.43. The van der Waals surface area contributed by atoms with Crippen molar-refractivity contribution >= 4 is 34.6 Å². The van der Waals surface area contributed by atoms with Crippen LogP contribution in [0.5, 0.6) is 0 Å². The van der Waals surface area contributed by atoms with Crippen molar-refractivity contribution in [3.8, 4) is 0 Å². The molecule has 0 saturated heterocycles. The topological polar surface area (TPSA) is 92.5 Å². The van der Waals surface area contributed by atoms with Gasteiger partial charge < -0.3 is 10.4 Å². The molecule has 0 heterocycles. The number of nitro benzene ring substituents is 1. The Morgan fingerprint density at radius 3 is 2.62 bits per heavy atom. The van der Waals surface area contributed by atoms with E-state index in [9.17, 15) is 19.3 Å². The molecular formula is C13H8ClFN2O4. The number of nitro groups is 1. The van der Waals surface area contributed by atoms with Gasteiger partial charge in [-0.3, -0.25) is 10.1 Å². The molecule has 0 bridgehead atoms. The van der Waals surface area contributed by atoms with Crippen LogP contribution < -0.4 is 5.32 Å². The van der Waals surface area contributed by atoms with Crippen LogP contribution in [-0.4, -0.2) is 16.0 Å². The van der Waals surface area contributed by atoms with Crippen LogP contribution in [0.15, 0.2) is 36.4 Å². The second kappa shape index (κ2) is 5.76. The molecular weight excluding hydrogens is 303 g/mol. The van der Waals surface area contributed by atoms with Gasteiger partial charge in [-0.25, -0.2) is 9.18 Å². The molecule has 0 aliphatic rings. The molecule has 0 aromatic heterocycles. The lowest BCUT2D eigenvalue weighted by Gasteiger charge is -2.09. The molecule has 2 N–H and O–H groups in total. The molecule has 0 saturated carbocycles. The molecule has 0 aliphatic heterocycles. The van der Waals surface area contributed by atoms with Gasteiger partial charge in [0.1, 0.15) is 17.1 Å². The number of rotatable bonds is 4. The van der Waals surface area contributed by atoms with Crippen molar-refractivity contribution < 1.29 is 19.2 Å². The van der Waals surface area contributed by atoms with Crippen LogP contribution in [0.4, 0.5) is 21.5 Å². The van der Waals surface area contributed by atoms with Gasteiger partial charge in [-0.05, 0) is 30.3 Å². The zero-order chi connectivity index (χ0) is 15.6. The number of anilines is 2. The summed E-state index contributed by atoms with van der Waals surface area (Å²) in [6.45, 7) is 0. The third kappa shape index (κ3) is 3.26. The van der Waals surface area contributed by atoms with Crippen LogP contribution in [-0.2, 0) is 0 Å². The van der Waals surface area contributed by atoms with Crippen molar-refractivity contribution in [3.63, 3.8) is 0 Å². The van der Waals surface area contributed by atoms with Crippen LogP contribution in [0.3, 0.4) is 0 Å². The van der Waals surface area contributed by atoms with E-state index < -0.39 is 28.0 Å². The predicted octanol–water partition coefficient (Wildman–Crippen LogP) is 3.83. The summed E-state index contributed by atoms with van der Waals surface area (Å²) in [4.78, 5) is 21.3. The number of aromatic carboxylic acids is 1. The van der Waals surface area contributed by atoms with Gasteiger partial charge in [-0.15, -0.1) is 0 Å². The SMILES string of the molecule is O=C(O)c1cccc(Nc2cc(F)cc(Cl)c2)c1[N+](=O)[O-]. The fourth-order valence-corrected chi connectivity index (χ4v) is 2.02. The molecule has 2 rings (SSSR count). The second-order valence-electron chi connectivity index (χ2n) is 4.05. The van der Waals surface area contributed by atoms with Gasteiger partial charge in [0.2, 0.25) is 0 Å². The maximum absolute atomic E-state index is 13.2. The van der Waals surface area contributed by atoms with E-state index in [1.54, 1.807) is 0 Å². The molecule has 0 aliphatic carbocycles. The molecule has 108 valence electrons. The molecule has 6 nitrogen and oxygen atoms in total. The Morgan fingerprint density at radius 2 is 2.05 bits per heavy atom. The summed E-state index contributed by atoms with van der Waals surface area (Å²) >= 11 is 5.69. The van der Waals surface area contributed by atoms with Crippen molar-refractivity contribution in [1.29, 1.82) is 0 Å². The minimum Gasteiger partial charge on any atom is -0.477 e. The van der Waals surface area contributed by atoms with Crippen molar-refractivity contribution in [1.82, 2.24) is 0 Å². The van der Waals surface area contributed by atoms with Crippen LogP contribution in [0.2, 0.25) is 5.02 Å². The number of hydrogen-bond donors (Lipinski definition) is 2. The van der Waals surface area contributed by atoms with Gasteiger partial charge in [0, 0.05) is 10.7 Å². The predicted molar refractivity (Wildman–Crippen MR) is 74.7 cm³/mol. The summed E-state index contributed by atoms with van der Waals surface area (Å²) in [6, 6.07) is 7.31. The number of carboxylic acids is 1. The summed E-state index contributed by atoms with van der Waals surface area (Å²) in [5.74, 6) is -2.05. The van der Waals surface area contributed by atoms with Gasteiger partial charge >= 0.3 is 11.7 Å². The first-order valence-corrected chi connectivity index (χ1v) is 6.00. The van der Waals surface area contributed by atoms with E-state index in [0.717, 1.165) is 18.2 Å². The number of nitrogens with zero attached hydrogens (tertiary/aromatic N) is 1. The molecule has 0 amide bonds. The summed E-state index contributed by atoms with van der Waals surface area (Å²) in [7, 11) is 0. The number of benzene rings is 2. The van der Waals surface area contributed by atoms with Crippen molar-refractivity contribution in [2.45, 2.75) is 0 Å².